The number of nitrogens with zero attached hydrogens (tertiary/aromatic N) is 1. The molecule has 23 heavy (non-hydrogen) atoms. The maximum absolute atomic E-state index is 12.7. The molecule has 1 saturated heterocycles. The first-order chi connectivity index (χ1) is 11.0. The van der Waals surface area contributed by atoms with Crippen molar-refractivity contribution >= 4 is 41.4 Å². The van der Waals surface area contributed by atoms with Crippen LogP contribution >= 0.6 is 23.5 Å². The Morgan fingerprint density at radius 1 is 1.26 bits per heavy atom. The highest BCUT2D eigenvalue weighted by Crippen LogP contribution is 2.26. The topological polar surface area (TPSA) is 94.9 Å². The predicted octanol–water partition coefficient (Wildman–Crippen LogP) is 1.40. The molecule has 2 atom stereocenters. The third kappa shape index (κ3) is 4.90. The highest BCUT2D eigenvalue weighted by Gasteiger charge is 2.37. The zero-order valence-corrected chi connectivity index (χ0v) is 13.9. The maximum atomic E-state index is 12.7. The quantitative estimate of drug-likeness (QED) is 0.763. The summed E-state index contributed by atoms with van der Waals surface area (Å²) >= 11 is 2.43. The van der Waals surface area contributed by atoms with Crippen LogP contribution in [-0.4, -0.2) is 61.6 Å². The zero-order valence-electron chi connectivity index (χ0n) is 12.3. The van der Waals surface area contributed by atoms with Crippen molar-refractivity contribution in [3.63, 3.8) is 0 Å². The number of thioether (sulfide) groups is 2. The molecule has 8 heteroatoms. The van der Waals surface area contributed by atoms with Crippen molar-refractivity contribution in [2.75, 3.05) is 17.4 Å². The molecule has 1 aromatic rings. The van der Waals surface area contributed by atoms with Crippen LogP contribution in [0, 0.1) is 0 Å². The van der Waals surface area contributed by atoms with Crippen LogP contribution in [0.4, 0.5) is 0 Å². The largest absolute Gasteiger partial charge is 0.481 e. The fourth-order valence-electron chi connectivity index (χ4n) is 2.27. The van der Waals surface area contributed by atoms with Crippen molar-refractivity contribution in [1.82, 2.24) is 4.90 Å². The lowest BCUT2D eigenvalue weighted by Crippen LogP contribution is -2.46. The van der Waals surface area contributed by atoms with Gasteiger partial charge in [-0.2, -0.15) is 0 Å². The van der Waals surface area contributed by atoms with Gasteiger partial charge in [-0.1, -0.05) is 30.3 Å². The van der Waals surface area contributed by atoms with Crippen molar-refractivity contribution in [1.29, 1.82) is 0 Å². The molecule has 1 fully saturated rings. The Labute approximate surface area is 142 Å². The molecular formula is C15H17NO5S2. The number of benzene rings is 1. The molecule has 0 radical (unpaired) electrons. The molecule has 0 aliphatic carbocycles. The molecule has 1 amide bonds. The normalized spacial score (nSPS) is 18.6. The van der Waals surface area contributed by atoms with Gasteiger partial charge in [0.2, 0.25) is 5.91 Å². The van der Waals surface area contributed by atoms with Gasteiger partial charge in [0, 0.05) is 5.75 Å². The molecule has 2 N–H and O–H groups in total. The van der Waals surface area contributed by atoms with E-state index in [1.807, 2.05) is 30.3 Å². The average molecular weight is 355 g/mol. The van der Waals surface area contributed by atoms with Crippen molar-refractivity contribution in [3.8, 4) is 0 Å². The fraction of sp³-hybridized carbons (Fsp3) is 0.400. The van der Waals surface area contributed by atoms with Gasteiger partial charge >= 0.3 is 11.9 Å². The van der Waals surface area contributed by atoms with Crippen LogP contribution in [0.25, 0.3) is 0 Å². The van der Waals surface area contributed by atoms with Crippen LogP contribution in [0.2, 0.25) is 0 Å². The minimum Gasteiger partial charge on any atom is -0.481 e. The highest BCUT2D eigenvalue weighted by atomic mass is 32.2. The third-order valence-electron chi connectivity index (χ3n) is 3.40. The summed E-state index contributed by atoms with van der Waals surface area (Å²) in [6.07, 6.45) is 0.380. The number of carboxylic acids is 2. The third-order valence-corrected chi connectivity index (χ3v) is 5.59. The molecule has 2 rings (SSSR count). The smallest absolute Gasteiger partial charge is 0.327 e. The second kappa shape index (κ2) is 8.26. The van der Waals surface area contributed by atoms with E-state index in [0.717, 1.165) is 17.3 Å². The summed E-state index contributed by atoms with van der Waals surface area (Å²) in [5.74, 6) is -1.83. The number of amides is 1. The van der Waals surface area contributed by atoms with Gasteiger partial charge in [0.15, 0.2) is 0 Å². The fourth-order valence-corrected chi connectivity index (χ4v) is 4.35. The van der Waals surface area contributed by atoms with Crippen molar-refractivity contribution in [2.45, 2.75) is 17.7 Å². The molecule has 1 unspecified atom stereocenters. The summed E-state index contributed by atoms with van der Waals surface area (Å²) in [6.45, 7) is 0. The molecule has 124 valence electrons. The van der Waals surface area contributed by atoms with E-state index in [4.69, 9.17) is 5.11 Å². The number of carbonyl (C=O) groups excluding carboxylic acids is 1. The Bertz CT molecular complexity index is 580. The van der Waals surface area contributed by atoms with Crippen LogP contribution in [0.1, 0.15) is 5.56 Å². The number of hydrogen-bond acceptors (Lipinski definition) is 5. The van der Waals surface area contributed by atoms with Gasteiger partial charge in [-0.3, -0.25) is 9.59 Å². The SMILES string of the molecule is O=C(O)CSC(Cc1ccccc1)C(=O)N1CSC[C@H]1C(=O)O. The Morgan fingerprint density at radius 2 is 1.96 bits per heavy atom. The van der Waals surface area contributed by atoms with Gasteiger partial charge in [-0.15, -0.1) is 23.5 Å². The lowest BCUT2D eigenvalue weighted by atomic mass is 10.1. The Kier molecular flexibility index (Phi) is 6.35. The second-order valence-electron chi connectivity index (χ2n) is 5.05. The van der Waals surface area contributed by atoms with Gasteiger partial charge in [-0.05, 0) is 12.0 Å². The lowest BCUT2D eigenvalue weighted by Gasteiger charge is -2.25. The maximum Gasteiger partial charge on any atom is 0.327 e. The van der Waals surface area contributed by atoms with E-state index >= 15 is 0 Å². The number of carboxylic acid groups (broad SMARTS) is 2. The van der Waals surface area contributed by atoms with Crippen molar-refractivity contribution in [2.24, 2.45) is 0 Å². The molecule has 0 saturated carbocycles. The summed E-state index contributed by atoms with van der Waals surface area (Å²) in [4.78, 5) is 36.1. The van der Waals surface area contributed by atoms with E-state index in [9.17, 15) is 19.5 Å². The van der Waals surface area contributed by atoms with Crippen molar-refractivity contribution in [3.05, 3.63) is 35.9 Å². The molecule has 1 aliphatic rings. The Balaban J connectivity index is 2.13. The van der Waals surface area contributed by atoms with Gasteiger partial charge in [0.1, 0.15) is 6.04 Å². The highest BCUT2D eigenvalue weighted by molar-refractivity contribution is 8.01. The standard InChI is InChI=1S/C15H17NO5S2/c17-13(18)8-23-12(6-10-4-2-1-3-5-10)14(19)16-9-22-7-11(16)15(20)21/h1-5,11-12H,6-9H2,(H,17,18)(H,20,21)/t11-,12?/m0/s1. The molecule has 0 spiro atoms. The monoisotopic (exact) mass is 355 g/mol. The zero-order chi connectivity index (χ0) is 16.8. The Hall–Kier alpha value is -1.67. The first kappa shape index (κ1) is 17.7. The van der Waals surface area contributed by atoms with Gasteiger partial charge in [0.25, 0.3) is 0 Å². The van der Waals surface area contributed by atoms with E-state index < -0.39 is 23.2 Å². The summed E-state index contributed by atoms with van der Waals surface area (Å²) in [7, 11) is 0. The number of carbonyl (C=O) groups is 3. The summed E-state index contributed by atoms with van der Waals surface area (Å²) in [5, 5.41) is 17.5. The van der Waals surface area contributed by atoms with Crippen LogP contribution in [0.3, 0.4) is 0 Å². The minimum absolute atomic E-state index is 0.192. The number of rotatable bonds is 7. The van der Waals surface area contributed by atoms with Gasteiger partial charge < -0.3 is 15.1 Å². The van der Waals surface area contributed by atoms with Crippen LogP contribution in [0.15, 0.2) is 30.3 Å². The summed E-state index contributed by atoms with van der Waals surface area (Å²) in [5.41, 5.74) is 0.919. The molecule has 1 aromatic carbocycles. The number of hydrogen-bond donors (Lipinski definition) is 2. The van der Waals surface area contributed by atoms with Gasteiger partial charge in [-0.25, -0.2) is 4.79 Å². The number of aliphatic carboxylic acids is 2. The molecular weight excluding hydrogens is 338 g/mol. The molecule has 1 aliphatic heterocycles. The molecule has 1 heterocycles. The summed E-state index contributed by atoms with van der Waals surface area (Å²) in [6, 6.07) is 8.47. The summed E-state index contributed by atoms with van der Waals surface area (Å²) < 4.78 is 0. The molecule has 0 bridgehead atoms. The second-order valence-corrected chi connectivity index (χ2v) is 7.24. The molecule has 6 nitrogen and oxygen atoms in total. The van der Waals surface area contributed by atoms with E-state index in [2.05, 4.69) is 0 Å². The molecule has 0 aromatic heterocycles. The van der Waals surface area contributed by atoms with Gasteiger partial charge in [0.05, 0.1) is 16.9 Å². The Morgan fingerprint density at radius 3 is 2.57 bits per heavy atom. The van der Waals surface area contributed by atoms with Crippen LogP contribution < -0.4 is 0 Å². The van der Waals surface area contributed by atoms with E-state index in [1.165, 1.54) is 16.7 Å². The van der Waals surface area contributed by atoms with E-state index in [0.29, 0.717) is 18.1 Å². The lowest BCUT2D eigenvalue weighted by molar-refractivity contribution is -0.147. The van der Waals surface area contributed by atoms with Crippen LogP contribution in [-0.2, 0) is 20.8 Å². The van der Waals surface area contributed by atoms with E-state index in [1.54, 1.807) is 0 Å². The average Bonchev–Trinajstić information content (AvgIpc) is 3.01. The first-order valence-corrected chi connectivity index (χ1v) is 9.17. The first-order valence-electron chi connectivity index (χ1n) is 6.97. The minimum atomic E-state index is -1.02. The van der Waals surface area contributed by atoms with Crippen molar-refractivity contribution < 1.29 is 24.6 Å². The predicted molar refractivity (Wildman–Crippen MR) is 89.6 cm³/mol. The van der Waals surface area contributed by atoms with Crippen LogP contribution in [0.5, 0.6) is 0 Å². The van der Waals surface area contributed by atoms with E-state index in [-0.39, 0.29) is 11.7 Å².